The summed E-state index contributed by atoms with van der Waals surface area (Å²) in [5.74, 6) is 5.65. The number of pyridine rings is 1. The van der Waals surface area contributed by atoms with Gasteiger partial charge >= 0.3 is 0 Å². The van der Waals surface area contributed by atoms with E-state index in [0.717, 1.165) is 19.3 Å². The van der Waals surface area contributed by atoms with Crippen LogP contribution in [0.5, 0.6) is 0 Å². The summed E-state index contributed by atoms with van der Waals surface area (Å²) < 4.78 is 0. The van der Waals surface area contributed by atoms with E-state index in [1.807, 2.05) is 11.8 Å². The number of aromatic nitrogens is 1. The zero-order chi connectivity index (χ0) is 15.1. The number of amides is 1. The highest BCUT2D eigenvalue weighted by atomic mass is 32.2. The van der Waals surface area contributed by atoms with Gasteiger partial charge in [0.05, 0.1) is 17.7 Å². The van der Waals surface area contributed by atoms with Crippen LogP contribution in [0.25, 0.3) is 0 Å². The van der Waals surface area contributed by atoms with Crippen molar-refractivity contribution in [3.63, 3.8) is 0 Å². The summed E-state index contributed by atoms with van der Waals surface area (Å²) >= 11 is 1.87. The fraction of sp³-hybridized carbons (Fsp3) is 0.500. The van der Waals surface area contributed by atoms with Crippen LogP contribution in [0, 0.1) is 11.8 Å². The highest BCUT2D eigenvalue weighted by Crippen LogP contribution is 2.28. The van der Waals surface area contributed by atoms with Crippen LogP contribution < -0.4 is 5.32 Å². The second kappa shape index (κ2) is 8.06. The van der Waals surface area contributed by atoms with Gasteiger partial charge in [0.15, 0.2) is 0 Å². The van der Waals surface area contributed by atoms with Gasteiger partial charge in [0.25, 0.3) is 5.91 Å². The number of hydrogen-bond acceptors (Lipinski definition) is 4. The van der Waals surface area contributed by atoms with Crippen LogP contribution in [0.2, 0.25) is 0 Å². The van der Waals surface area contributed by atoms with Gasteiger partial charge in [-0.3, -0.25) is 9.78 Å². The quantitative estimate of drug-likeness (QED) is 0.833. The van der Waals surface area contributed by atoms with Gasteiger partial charge in [0.1, 0.15) is 0 Å². The Labute approximate surface area is 129 Å². The first-order valence-corrected chi connectivity index (χ1v) is 8.40. The molecule has 1 saturated carbocycles. The first kappa shape index (κ1) is 15.9. The molecule has 1 aromatic heterocycles. The molecule has 0 spiro atoms. The number of rotatable bonds is 4. The molecule has 0 bridgehead atoms. The van der Waals surface area contributed by atoms with Gasteiger partial charge in [-0.2, -0.15) is 11.8 Å². The molecule has 4 nitrogen and oxygen atoms in total. The number of aliphatic hydroxyl groups excluding tert-OH is 1. The van der Waals surface area contributed by atoms with Crippen LogP contribution in [0.15, 0.2) is 18.5 Å². The summed E-state index contributed by atoms with van der Waals surface area (Å²) in [6.07, 6.45) is 8.94. The fourth-order valence-corrected chi connectivity index (χ4v) is 3.25. The largest absolute Gasteiger partial charge is 0.395 e. The van der Waals surface area contributed by atoms with Crippen molar-refractivity contribution >= 4 is 17.7 Å². The van der Waals surface area contributed by atoms with E-state index in [-0.39, 0.29) is 18.6 Å². The first-order chi connectivity index (χ1) is 10.2. The van der Waals surface area contributed by atoms with Crippen molar-refractivity contribution in [3.05, 3.63) is 29.6 Å². The maximum Gasteiger partial charge on any atom is 0.252 e. The maximum absolute atomic E-state index is 12.4. The molecule has 112 valence electrons. The molecule has 0 aromatic carbocycles. The van der Waals surface area contributed by atoms with Crippen LogP contribution in [-0.4, -0.2) is 40.2 Å². The second-order valence-corrected chi connectivity index (χ2v) is 6.18. The van der Waals surface area contributed by atoms with Gasteiger partial charge in [0, 0.05) is 30.1 Å². The molecule has 0 saturated heterocycles. The lowest BCUT2D eigenvalue weighted by Crippen LogP contribution is -2.33. The molecule has 1 aliphatic rings. The topological polar surface area (TPSA) is 62.2 Å². The SMILES string of the molecule is CSC1CCC(NC(=O)c2ccncc2C#CCCO)C1. The standard InChI is InChI=1S/C16H20N2O2S/c1-21-14-6-5-13(10-14)18-16(20)15-7-8-17-11-12(15)4-2-3-9-19/h7-8,11,13-14,19H,3,5-6,9-10H2,1H3,(H,18,20). The minimum atomic E-state index is -0.0857. The van der Waals surface area contributed by atoms with Crippen molar-refractivity contribution in [3.8, 4) is 11.8 Å². The van der Waals surface area contributed by atoms with Gasteiger partial charge < -0.3 is 10.4 Å². The summed E-state index contributed by atoms with van der Waals surface area (Å²) in [4.78, 5) is 16.4. The molecule has 1 fully saturated rings. The van der Waals surface area contributed by atoms with Gasteiger partial charge in [-0.25, -0.2) is 0 Å². The summed E-state index contributed by atoms with van der Waals surface area (Å²) in [7, 11) is 0. The third-order valence-corrected chi connectivity index (χ3v) is 4.67. The molecule has 1 heterocycles. The molecule has 1 aromatic rings. The Morgan fingerprint density at radius 1 is 1.57 bits per heavy atom. The average Bonchev–Trinajstić information content (AvgIpc) is 2.95. The second-order valence-electron chi connectivity index (χ2n) is 5.04. The Morgan fingerprint density at radius 2 is 2.43 bits per heavy atom. The molecule has 2 unspecified atom stereocenters. The predicted molar refractivity (Wildman–Crippen MR) is 85.2 cm³/mol. The Balaban J connectivity index is 2.04. The van der Waals surface area contributed by atoms with Crippen molar-refractivity contribution in [2.24, 2.45) is 0 Å². The Hall–Kier alpha value is -1.51. The van der Waals surface area contributed by atoms with E-state index < -0.39 is 0 Å². The molecule has 2 atom stereocenters. The smallest absolute Gasteiger partial charge is 0.252 e. The monoisotopic (exact) mass is 304 g/mol. The van der Waals surface area contributed by atoms with E-state index in [1.54, 1.807) is 18.5 Å². The minimum Gasteiger partial charge on any atom is -0.395 e. The summed E-state index contributed by atoms with van der Waals surface area (Å²) in [5, 5.41) is 12.5. The molecule has 21 heavy (non-hydrogen) atoms. The molecule has 1 aliphatic carbocycles. The minimum absolute atomic E-state index is 0.0208. The number of nitrogens with one attached hydrogen (secondary N) is 1. The first-order valence-electron chi connectivity index (χ1n) is 7.12. The molecule has 0 radical (unpaired) electrons. The van der Waals surface area contributed by atoms with Crippen molar-refractivity contribution in [2.45, 2.75) is 37.0 Å². The van der Waals surface area contributed by atoms with Crippen LogP contribution in [0.4, 0.5) is 0 Å². The Kier molecular flexibility index (Phi) is 6.09. The van der Waals surface area contributed by atoms with Crippen molar-refractivity contribution in [2.75, 3.05) is 12.9 Å². The lowest BCUT2D eigenvalue weighted by atomic mass is 10.1. The van der Waals surface area contributed by atoms with E-state index in [9.17, 15) is 4.79 Å². The van der Waals surface area contributed by atoms with Crippen molar-refractivity contribution < 1.29 is 9.90 Å². The Bertz CT molecular complexity index is 551. The number of carbonyl (C=O) groups is 1. The number of thioether (sulfide) groups is 1. The fourth-order valence-electron chi connectivity index (χ4n) is 2.45. The van der Waals surface area contributed by atoms with Crippen LogP contribution in [0.3, 0.4) is 0 Å². The molecule has 1 amide bonds. The number of hydrogen-bond donors (Lipinski definition) is 2. The summed E-state index contributed by atoms with van der Waals surface area (Å²) in [6.45, 7) is 0.0208. The van der Waals surface area contributed by atoms with Gasteiger partial charge in [-0.15, -0.1) is 0 Å². The molecular formula is C16H20N2O2S. The third kappa shape index (κ3) is 4.48. The van der Waals surface area contributed by atoms with Crippen LogP contribution >= 0.6 is 11.8 Å². The normalized spacial score (nSPS) is 20.7. The molecular weight excluding hydrogens is 284 g/mol. The lowest BCUT2D eigenvalue weighted by molar-refractivity contribution is 0.0937. The summed E-state index contributed by atoms with van der Waals surface area (Å²) in [6, 6.07) is 1.95. The van der Waals surface area contributed by atoms with E-state index >= 15 is 0 Å². The summed E-state index contributed by atoms with van der Waals surface area (Å²) in [5.41, 5.74) is 1.17. The average molecular weight is 304 g/mol. The van der Waals surface area contributed by atoms with E-state index in [4.69, 9.17) is 5.11 Å². The zero-order valence-corrected chi connectivity index (χ0v) is 12.9. The molecule has 2 rings (SSSR count). The number of nitrogens with zero attached hydrogens (tertiary/aromatic N) is 1. The van der Waals surface area contributed by atoms with Crippen molar-refractivity contribution in [1.29, 1.82) is 0 Å². The van der Waals surface area contributed by atoms with Crippen molar-refractivity contribution in [1.82, 2.24) is 10.3 Å². The maximum atomic E-state index is 12.4. The molecule has 0 aliphatic heterocycles. The molecule has 5 heteroatoms. The van der Waals surface area contributed by atoms with Gasteiger partial charge in [0.2, 0.25) is 0 Å². The third-order valence-electron chi connectivity index (χ3n) is 3.58. The number of aliphatic hydroxyl groups is 1. The molecule has 2 N–H and O–H groups in total. The highest BCUT2D eigenvalue weighted by Gasteiger charge is 2.25. The number of carbonyl (C=O) groups excluding carboxylic acids is 1. The lowest BCUT2D eigenvalue weighted by Gasteiger charge is -2.13. The highest BCUT2D eigenvalue weighted by molar-refractivity contribution is 7.99. The van der Waals surface area contributed by atoms with Gasteiger partial charge in [-0.05, 0) is 31.6 Å². The van der Waals surface area contributed by atoms with E-state index in [0.29, 0.717) is 22.8 Å². The predicted octanol–water partition coefficient (Wildman–Crippen LogP) is 1.83. The van der Waals surface area contributed by atoms with Crippen LogP contribution in [0.1, 0.15) is 41.6 Å². The van der Waals surface area contributed by atoms with E-state index in [2.05, 4.69) is 28.4 Å². The van der Waals surface area contributed by atoms with Gasteiger partial charge in [-0.1, -0.05) is 11.8 Å². The van der Waals surface area contributed by atoms with E-state index in [1.165, 1.54) is 0 Å². The zero-order valence-electron chi connectivity index (χ0n) is 12.1. The Morgan fingerprint density at radius 3 is 3.14 bits per heavy atom. The van der Waals surface area contributed by atoms with Crippen LogP contribution in [-0.2, 0) is 0 Å².